The van der Waals surface area contributed by atoms with E-state index in [2.05, 4.69) is 5.32 Å². The molecule has 0 spiro atoms. The van der Waals surface area contributed by atoms with Gasteiger partial charge in [0.15, 0.2) is 9.84 Å². The molecule has 1 aliphatic rings. The number of rotatable bonds is 6. The van der Waals surface area contributed by atoms with E-state index < -0.39 is 20.4 Å². The van der Waals surface area contributed by atoms with Crippen molar-refractivity contribution in [1.29, 1.82) is 0 Å². The second-order valence-electron chi connectivity index (χ2n) is 5.06. The normalized spacial score (nSPS) is 16.7. The van der Waals surface area contributed by atoms with Crippen LogP contribution in [0.25, 0.3) is 0 Å². The molecule has 1 unspecified atom stereocenters. The molecule has 20 heavy (non-hydrogen) atoms. The van der Waals surface area contributed by atoms with E-state index in [1.54, 1.807) is 0 Å². The summed E-state index contributed by atoms with van der Waals surface area (Å²) in [6.07, 6.45) is 3.11. The van der Waals surface area contributed by atoms with Gasteiger partial charge in [-0.2, -0.15) is 0 Å². The fourth-order valence-electron chi connectivity index (χ4n) is 2.07. The van der Waals surface area contributed by atoms with Gasteiger partial charge in [0, 0.05) is 18.8 Å². The summed E-state index contributed by atoms with van der Waals surface area (Å²) in [7, 11) is -3.66. The van der Waals surface area contributed by atoms with Crippen LogP contribution < -0.4 is 11.1 Å². The molecule has 0 radical (unpaired) electrons. The van der Waals surface area contributed by atoms with E-state index in [1.165, 1.54) is 18.2 Å². The minimum Gasteiger partial charge on any atom is -0.378 e. The average Bonchev–Trinajstić information content (AvgIpc) is 3.18. The van der Waals surface area contributed by atoms with Crippen LogP contribution in [0.15, 0.2) is 23.1 Å². The highest BCUT2D eigenvalue weighted by molar-refractivity contribution is 7.90. The van der Waals surface area contributed by atoms with E-state index in [0.717, 1.165) is 19.1 Å². The largest absolute Gasteiger partial charge is 0.378 e. The van der Waals surface area contributed by atoms with E-state index in [1.807, 2.05) is 0 Å². The lowest BCUT2D eigenvalue weighted by atomic mass is 10.2. The van der Waals surface area contributed by atoms with Crippen molar-refractivity contribution in [1.82, 2.24) is 0 Å². The summed E-state index contributed by atoms with van der Waals surface area (Å²) in [4.78, 5) is 10.2. The summed E-state index contributed by atoms with van der Waals surface area (Å²) in [6.45, 7) is 0.388. The molecule has 1 aliphatic carbocycles. The zero-order valence-electron chi connectivity index (χ0n) is 11.1. The maximum Gasteiger partial charge on any atom is 0.310 e. The monoisotopic (exact) mass is 299 g/mol. The molecule has 2 rings (SSSR count). The Morgan fingerprint density at radius 2 is 2.15 bits per heavy atom. The zero-order valence-corrected chi connectivity index (χ0v) is 11.9. The third-order valence-corrected chi connectivity index (χ3v) is 4.47. The molecular formula is C12H17N3O4S. The quantitative estimate of drug-likeness (QED) is 0.601. The second-order valence-corrected chi connectivity index (χ2v) is 7.05. The van der Waals surface area contributed by atoms with E-state index in [0.29, 0.717) is 12.5 Å². The van der Waals surface area contributed by atoms with E-state index in [4.69, 9.17) is 5.73 Å². The summed E-state index contributed by atoms with van der Waals surface area (Å²) >= 11 is 0. The molecule has 1 atom stereocenters. The van der Waals surface area contributed by atoms with Crippen molar-refractivity contribution in [3.63, 3.8) is 0 Å². The van der Waals surface area contributed by atoms with Gasteiger partial charge in [-0.05, 0) is 30.9 Å². The molecule has 0 aromatic heterocycles. The van der Waals surface area contributed by atoms with Crippen molar-refractivity contribution >= 4 is 21.2 Å². The number of para-hydroxylation sites is 1. The van der Waals surface area contributed by atoms with Crippen LogP contribution in [0.1, 0.15) is 12.8 Å². The van der Waals surface area contributed by atoms with Gasteiger partial charge in [-0.3, -0.25) is 10.1 Å². The fraction of sp³-hybridized carbons (Fsp3) is 0.500. The number of nitrogens with one attached hydrogen (secondary N) is 1. The molecule has 0 heterocycles. The molecule has 1 aromatic carbocycles. The number of sulfone groups is 1. The van der Waals surface area contributed by atoms with Gasteiger partial charge in [-0.25, -0.2) is 8.42 Å². The Bertz CT molecular complexity index is 626. The molecule has 0 bridgehead atoms. The van der Waals surface area contributed by atoms with Gasteiger partial charge < -0.3 is 11.1 Å². The molecule has 8 heteroatoms. The van der Waals surface area contributed by atoms with Crippen molar-refractivity contribution in [3.05, 3.63) is 28.3 Å². The average molecular weight is 299 g/mol. The lowest BCUT2D eigenvalue weighted by Crippen LogP contribution is -2.31. The third-order valence-electron chi connectivity index (χ3n) is 3.34. The third kappa shape index (κ3) is 3.26. The Morgan fingerprint density at radius 3 is 2.65 bits per heavy atom. The SMILES string of the molecule is CS(=O)(=O)c1cccc(NCC(N)C2CC2)c1[N+](=O)[O-]. The molecule has 7 nitrogen and oxygen atoms in total. The number of hydrogen-bond donors (Lipinski definition) is 2. The Morgan fingerprint density at radius 1 is 1.50 bits per heavy atom. The number of benzene rings is 1. The standard InChI is InChI=1S/C12H17N3O4S/c1-20(18,19)11-4-2-3-10(12(11)15(16)17)14-7-9(13)8-5-6-8/h2-4,8-9,14H,5-7,13H2,1H3. The van der Waals surface area contributed by atoms with Crippen LogP contribution in [0.3, 0.4) is 0 Å². The maximum atomic E-state index is 11.6. The first kappa shape index (κ1) is 14.7. The van der Waals surface area contributed by atoms with Crippen molar-refractivity contribution in [2.45, 2.75) is 23.8 Å². The van der Waals surface area contributed by atoms with Gasteiger partial charge in [0.1, 0.15) is 10.6 Å². The molecule has 1 fully saturated rings. The van der Waals surface area contributed by atoms with Crippen LogP contribution in [0.5, 0.6) is 0 Å². The van der Waals surface area contributed by atoms with Crippen molar-refractivity contribution in [2.75, 3.05) is 18.1 Å². The number of nitrogens with two attached hydrogens (primary N) is 1. The molecular weight excluding hydrogens is 282 g/mol. The minimum absolute atomic E-state index is 0.0727. The summed E-state index contributed by atoms with van der Waals surface area (Å²) in [5, 5.41) is 14.0. The van der Waals surface area contributed by atoms with Crippen LogP contribution in [0.4, 0.5) is 11.4 Å². The number of nitrogens with zero attached hydrogens (tertiary/aromatic N) is 1. The van der Waals surface area contributed by atoms with Crippen molar-refractivity contribution in [2.24, 2.45) is 11.7 Å². The van der Waals surface area contributed by atoms with Gasteiger partial charge in [0.2, 0.25) is 0 Å². The predicted molar refractivity (Wildman–Crippen MR) is 75.4 cm³/mol. The van der Waals surface area contributed by atoms with E-state index in [9.17, 15) is 18.5 Å². The van der Waals surface area contributed by atoms with Crippen LogP contribution in [-0.2, 0) is 9.84 Å². The Balaban J connectivity index is 2.29. The van der Waals surface area contributed by atoms with Gasteiger partial charge in [0.25, 0.3) is 0 Å². The van der Waals surface area contributed by atoms with Crippen LogP contribution >= 0.6 is 0 Å². The number of nitro benzene ring substituents is 1. The summed E-state index contributed by atoms with van der Waals surface area (Å²) in [5.74, 6) is 0.458. The van der Waals surface area contributed by atoms with Crippen LogP contribution in [0, 0.1) is 16.0 Å². The van der Waals surface area contributed by atoms with Gasteiger partial charge >= 0.3 is 5.69 Å². The van der Waals surface area contributed by atoms with Crippen LogP contribution in [-0.4, -0.2) is 32.2 Å². The first-order valence-electron chi connectivity index (χ1n) is 6.27. The summed E-state index contributed by atoms with van der Waals surface area (Å²) in [5.41, 5.74) is 5.70. The highest BCUT2D eigenvalue weighted by atomic mass is 32.2. The Kier molecular flexibility index (Phi) is 3.96. The molecule has 1 aromatic rings. The predicted octanol–water partition coefficient (Wildman–Crippen LogP) is 1.15. The molecule has 0 aliphatic heterocycles. The van der Waals surface area contributed by atoms with E-state index >= 15 is 0 Å². The lowest BCUT2D eigenvalue weighted by molar-refractivity contribution is -0.386. The topological polar surface area (TPSA) is 115 Å². The van der Waals surface area contributed by atoms with Gasteiger partial charge in [-0.15, -0.1) is 0 Å². The first-order chi connectivity index (χ1) is 9.30. The van der Waals surface area contributed by atoms with Crippen molar-refractivity contribution in [3.8, 4) is 0 Å². The molecule has 0 saturated heterocycles. The molecule has 0 amide bonds. The smallest absolute Gasteiger partial charge is 0.310 e. The van der Waals surface area contributed by atoms with Gasteiger partial charge in [-0.1, -0.05) is 6.07 Å². The Labute approximate surface area is 117 Å². The van der Waals surface area contributed by atoms with Crippen LogP contribution in [0.2, 0.25) is 0 Å². The molecule has 1 saturated carbocycles. The number of nitro groups is 1. The summed E-state index contributed by atoms with van der Waals surface area (Å²) < 4.78 is 23.2. The zero-order chi connectivity index (χ0) is 14.9. The fourth-order valence-corrected chi connectivity index (χ4v) is 2.93. The van der Waals surface area contributed by atoms with Gasteiger partial charge in [0.05, 0.1) is 4.92 Å². The second kappa shape index (κ2) is 5.37. The highest BCUT2D eigenvalue weighted by Crippen LogP contribution is 2.34. The number of hydrogen-bond acceptors (Lipinski definition) is 6. The molecule has 3 N–H and O–H groups in total. The molecule has 110 valence electrons. The minimum atomic E-state index is -3.66. The van der Waals surface area contributed by atoms with Crippen molar-refractivity contribution < 1.29 is 13.3 Å². The lowest BCUT2D eigenvalue weighted by Gasteiger charge is -2.13. The number of anilines is 1. The Hall–Kier alpha value is -1.67. The van der Waals surface area contributed by atoms with E-state index in [-0.39, 0.29) is 16.6 Å². The first-order valence-corrected chi connectivity index (χ1v) is 8.16. The maximum absolute atomic E-state index is 11.6. The summed E-state index contributed by atoms with van der Waals surface area (Å²) in [6, 6.07) is 4.14. The highest BCUT2D eigenvalue weighted by Gasteiger charge is 2.30.